The number of nitrogens with zero attached hydrogens (tertiary/aromatic N) is 1. The van der Waals surface area contributed by atoms with Crippen LogP contribution in [0.15, 0.2) is 42.5 Å². The Morgan fingerprint density at radius 3 is 2.60 bits per heavy atom. The SMILES string of the molecule is C[C@H]1Oc2ccccc2N(CCC(=O)Nc2cc(F)cc(F)c2)C1=O. The van der Waals surface area contributed by atoms with E-state index in [1.165, 1.54) is 4.90 Å². The van der Waals surface area contributed by atoms with Crippen molar-refractivity contribution in [2.75, 3.05) is 16.8 Å². The summed E-state index contributed by atoms with van der Waals surface area (Å²) in [4.78, 5) is 25.9. The van der Waals surface area contributed by atoms with Crippen molar-refractivity contribution in [3.63, 3.8) is 0 Å². The zero-order chi connectivity index (χ0) is 18.0. The smallest absolute Gasteiger partial charge is 0.267 e. The molecule has 0 fully saturated rings. The minimum absolute atomic E-state index is 0.0229. The number of carbonyl (C=O) groups excluding carboxylic acids is 2. The minimum atomic E-state index is -0.776. The van der Waals surface area contributed by atoms with Gasteiger partial charge in [-0.25, -0.2) is 8.78 Å². The average Bonchev–Trinajstić information content (AvgIpc) is 2.54. The van der Waals surface area contributed by atoms with Gasteiger partial charge in [0.05, 0.1) is 5.69 Å². The second kappa shape index (κ2) is 6.88. The van der Waals surface area contributed by atoms with Crippen LogP contribution in [0.5, 0.6) is 5.75 Å². The van der Waals surface area contributed by atoms with E-state index in [9.17, 15) is 18.4 Å². The summed E-state index contributed by atoms with van der Waals surface area (Å²) < 4.78 is 31.8. The predicted octanol–water partition coefficient (Wildman–Crippen LogP) is 3.11. The number of hydrogen-bond acceptors (Lipinski definition) is 3. The van der Waals surface area contributed by atoms with Crippen LogP contribution in [0.4, 0.5) is 20.2 Å². The zero-order valence-electron chi connectivity index (χ0n) is 13.5. The number of ether oxygens (including phenoxy) is 1. The number of rotatable bonds is 4. The van der Waals surface area contributed by atoms with Crippen molar-refractivity contribution >= 4 is 23.2 Å². The van der Waals surface area contributed by atoms with Crippen LogP contribution >= 0.6 is 0 Å². The maximum Gasteiger partial charge on any atom is 0.267 e. The lowest BCUT2D eigenvalue weighted by Gasteiger charge is -2.32. The largest absolute Gasteiger partial charge is 0.479 e. The Labute approximate surface area is 143 Å². The van der Waals surface area contributed by atoms with Crippen molar-refractivity contribution in [1.82, 2.24) is 0 Å². The van der Waals surface area contributed by atoms with E-state index in [0.29, 0.717) is 11.4 Å². The van der Waals surface area contributed by atoms with Crippen LogP contribution in [0.1, 0.15) is 13.3 Å². The Morgan fingerprint density at radius 2 is 1.88 bits per heavy atom. The van der Waals surface area contributed by atoms with Crippen LogP contribution < -0.4 is 15.0 Å². The van der Waals surface area contributed by atoms with Gasteiger partial charge in [0.25, 0.3) is 5.91 Å². The van der Waals surface area contributed by atoms with Gasteiger partial charge < -0.3 is 15.0 Å². The van der Waals surface area contributed by atoms with Crippen molar-refractivity contribution in [2.24, 2.45) is 0 Å². The molecule has 0 bridgehead atoms. The summed E-state index contributed by atoms with van der Waals surface area (Å²) in [6, 6.07) is 9.83. The Balaban J connectivity index is 1.68. The maximum absolute atomic E-state index is 13.2. The summed E-state index contributed by atoms with van der Waals surface area (Å²) in [5.41, 5.74) is 0.625. The number of fused-ring (bicyclic) bond motifs is 1. The number of benzene rings is 2. The Morgan fingerprint density at radius 1 is 1.20 bits per heavy atom. The van der Waals surface area contributed by atoms with Crippen molar-refractivity contribution in [3.8, 4) is 5.75 Å². The number of para-hydroxylation sites is 2. The van der Waals surface area contributed by atoms with Crippen molar-refractivity contribution in [1.29, 1.82) is 0 Å². The molecule has 25 heavy (non-hydrogen) atoms. The monoisotopic (exact) mass is 346 g/mol. The number of amides is 2. The van der Waals surface area contributed by atoms with Crippen LogP contribution in [-0.2, 0) is 9.59 Å². The lowest BCUT2D eigenvalue weighted by atomic mass is 10.1. The van der Waals surface area contributed by atoms with Gasteiger partial charge in [0.1, 0.15) is 17.4 Å². The van der Waals surface area contributed by atoms with Gasteiger partial charge in [0.15, 0.2) is 6.10 Å². The molecule has 2 aromatic rings. The molecule has 0 saturated heterocycles. The standard InChI is InChI=1S/C18H16F2N2O3/c1-11-18(24)22(15-4-2-3-5-16(15)25-11)7-6-17(23)21-14-9-12(19)8-13(20)10-14/h2-5,8-11H,6-7H2,1H3,(H,21,23)/t11-/m1/s1. The summed E-state index contributed by atoms with van der Waals surface area (Å²) in [5.74, 6) is -1.68. The highest BCUT2D eigenvalue weighted by Crippen LogP contribution is 2.33. The third-order valence-electron chi connectivity index (χ3n) is 3.78. The lowest BCUT2D eigenvalue weighted by molar-refractivity contribution is -0.125. The van der Waals surface area contributed by atoms with Crippen molar-refractivity contribution in [2.45, 2.75) is 19.4 Å². The van der Waals surface area contributed by atoms with Gasteiger partial charge >= 0.3 is 0 Å². The summed E-state index contributed by atoms with van der Waals surface area (Å²) in [6.45, 7) is 1.77. The molecule has 5 nitrogen and oxygen atoms in total. The molecule has 0 saturated carbocycles. The molecule has 130 valence electrons. The van der Waals surface area contributed by atoms with Crippen LogP contribution in [0.25, 0.3) is 0 Å². The van der Waals surface area contributed by atoms with Gasteiger partial charge in [-0.15, -0.1) is 0 Å². The Kier molecular flexibility index (Phi) is 4.65. The molecule has 1 atom stereocenters. The fraction of sp³-hybridized carbons (Fsp3) is 0.222. The molecule has 0 spiro atoms. The van der Waals surface area contributed by atoms with Gasteiger partial charge in [-0.1, -0.05) is 12.1 Å². The fourth-order valence-corrected chi connectivity index (χ4v) is 2.65. The summed E-state index contributed by atoms with van der Waals surface area (Å²) >= 11 is 0. The third-order valence-corrected chi connectivity index (χ3v) is 3.78. The summed E-state index contributed by atoms with van der Waals surface area (Å²) in [6.07, 6.45) is -0.666. The predicted molar refractivity (Wildman–Crippen MR) is 88.5 cm³/mol. The Hall–Kier alpha value is -2.96. The van der Waals surface area contributed by atoms with Gasteiger partial charge in [0.2, 0.25) is 5.91 Å². The molecular formula is C18H16F2N2O3. The van der Waals surface area contributed by atoms with Gasteiger partial charge in [0, 0.05) is 24.7 Å². The molecular weight excluding hydrogens is 330 g/mol. The summed E-state index contributed by atoms with van der Waals surface area (Å²) in [7, 11) is 0. The quantitative estimate of drug-likeness (QED) is 0.925. The highest BCUT2D eigenvalue weighted by Gasteiger charge is 2.31. The molecule has 1 N–H and O–H groups in total. The van der Waals surface area contributed by atoms with E-state index in [1.807, 2.05) is 0 Å². The first kappa shape index (κ1) is 16.9. The first-order chi connectivity index (χ1) is 11.9. The molecule has 2 aromatic carbocycles. The van der Waals surface area contributed by atoms with Crippen molar-refractivity contribution < 1.29 is 23.1 Å². The number of carbonyl (C=O) groups is 2. The normalized spacial score (nSPS) is 16.2. The molecule has 7 heteroatoms. The van der Waals surface area contributed by atoms with Gasteiger partial charge in [-0.2, -0.15) is 0 Å². The van der Waals surface area contributed by atoms with Crippen LogP contribution in [-0.4, -0.2) is 24.5 Å². The second-order valence-electron chi connectivity index (χ2n) is 5.67. The molecule has 3 rings (SSSR count). The number of hydrogen-bond donors (Lipinski definition) is 1. The van der Waals surface area contributed by atoms with E-state index in [0.717, 1.165) is 18.2 Å². The average molecular weight is 346 g/mol. The number of anilines is 2. The lowest BCUT2D eigenvalue weighted by Crippen LogP contribution is -2.45. The third kappa shape index (κ3) is 3.76. The highest BCUT2D eigenvalue weighted by atomic mass is 19.1. The first-order valence-electron chi connectivity index (χ1n) is 7.77. The molecule has 0 aliphatic carbocycles. The van der Waals surface area contributed by atoms with E-state index in [4.69, 9.17) is 4.74 Å². The molecule has 1 aliphatic rings. The van der Waals surface area contributed by atoms with E-state index in [-0.39, 0.29) is 24.6 Å². The molecule has 1 heterocycles. The summed E-state index contributed by atoms with van der Waals surface area (Å²) in [5, 5.41) is 2.43. The number of halogens is 2. The Bertz CT molecular complexity index is 805. The molecule has 0 unspecified atom stereocenters. The topological polar surface area (TPSA) is 58.6 Å². The second-order valence-corrected chi connectivity index (χ2v) is 5.67. The zero-order valence-corrected chi connectivity index (χ0v) is 13.5. The van der Waals surface area contributed by atoms with Crippen LogP contribution in [0.3, 0.4) is 0 Å². The fourth-order valence-electron chi connectivity index (χ4n) is 2.65. The van der Waals surface area contributed by atoms with Crippen molar-refractivity contribution in [3.05, 3.63) is 54.1 Å². The molecule has 0 aromatic heterocycles. The molecule has 0 radical (unpaired) electrons. The minimum Gasteiger partial charge on any atom is -0.479 e. The van der Waals surface area contributed by atoms with Gasteiger partial charge in [-0.3, -0.25) is 9.59 Å². The van der Waals surface area contributed by atoms with Crippen LogP contribution in [0, 0.1) is 11.6 Å². The molecule has 2 amide bonds. The van der Waals surface area contributed by atoms with Gasteiger partial charge in [-0.05, 0) is 31.2 Å². The van der Waals surface area contributed by atoms with E-state index in [2.05, 4.69) is 5.32 Å². The highest BCUT2D eigenvalue weighted by molar-refractivity contribution is 6.00. The first-order valence-corrected chi connectivity index (χ1v) is 7.77. The molecule has 1 aliphatic heterocycles. The maximum atomic E-state index is 13.2. The van der Waals surface area contributed by atoms with E-state index < -0.39 is 23.6 Å². The van der Waals surface area contributed by atoms with Crippen LogP contribution in [0.2, 0.25) is 0 Å². The van der Waals surface area contributed by atoms with E-state index >= 15 is 0 Å². The number of nitrogens with one attached hydrogen (secondary N) is 1. The van der Waals surface area contributed by atoms with E-state index in [1.54, 1.807) is 31.2 Å².